The molecule has 0 saturated heterocycles. The van der Waals surface area contributed by atoms with E-state index >= 15 is 0 Å². The van der Waals surface area contributed by atoms with Gasteiger partial charge in [-0.15, -0.1) is 0 Å². The Hall–Kier alpha value is -4.46. The quantitative estimate of drug-likeness (QED) is 0.450. The standard InChI is InChI=1S/C25H19FN4O3/c26-18-5-1-16(2-6-18)21-14-24(28-15-27-21)29-19-7-3-17(4-8-19)25(31)30-20-9-10-22-23(13-20)33-12-11-32-22/h1-10,13-15H,11-12H2,(H,30,31)(H,27,28,29). The molecule has 0 saturated carbocycles. The molecule has 4 aromatic rings. The summed E-state index contributed by atoms with van der Waals surface area (Å²) in [6.07, 6.45) is 1.44. The van der Waals surface area contributed by atoms with E-state index in [2.05, 4.69) is 20.6 Å². The molecule has 8 heteroatoms. The van der Waals surface area contributed by atoms with Crippen molar-refractivity contribution < 1.29 is 18.7 Å². The predicted octanol–water partition coefficient (Wildman–Crippen LogP) is 5.05. The zero-order valence-electron chi connectivity index (χ0n) is 17.4. The van der Waals surface area contributed by atoms with E-state index in [-0.39, 0.29) is 11.7 Å². The fourth-order valence-electron chi connectivity index (χ4n) is 3.38. The van der Waals surface area contributed by atoms with Crippen LogP contribution in [0.15, 0.2) is 79.1 Å². The molecule has 33 heavy (non-hydrogen) atoms. The number of anilines is 3. The zero-order valence-corrected chi connectivity index (χ0v) is 17.4. The van der Waals surface area contributed by atoms with Crippen molar-refractivity contribution in [1.29, 1.82) is 0 Å². The van der Waals surface area contributed by atoms with Crippen molar-refractivity contribution >= 4 is 23.1 Å². The van der Waals surface area contributed by atoms with E-state index in [1.165, 1.54) is 18.5 Å². The summed E-state index contributed by atoms with van der Waals surface area (Å²) in [5, 5.41) is 6.05. The lowest BCUT2D eigenvalue weighted by atomic mass is 10.1. The number of amides is 1. The molecule has 0 unspecified atom stereocenters. The molecule has 5 rings (SSSR count). The minimum Gasteiger partial charge on any atom is -0.486 e. The van der Waals surface area contributed by atoms with Crippen molar-refractivity contribution in [3.8, 4) is 22.8 Å². The largest absolute Gasteiger partial charge is 0.486 e. The molecule has 1 amide bonds. The van der Waals surface area contributed by atoms with Crippen LogP contribution in [0.3, 0.4) is 0 Å². The molecule has 0 fully saturated rings. The van der Waals surface area contributed by atoms with Crippen LogP contribution in [0.25, 0.3) is 11.3 Å². The van der Waals surface area contributed by atoms with Gasteiger partial charge in [0.1, 0.15) is 31.2 Å². The van der Waals surface area contributed by atoms with E-state index in [0.29, 0.717) is 47.5 Å². The molecule has 3 aromatic carbocycles. The SMILES string of the molecule is O=C(Nc1ccc2c(c1)OCCO2)c1ccc(Nc2cc(-c3ccc(F)cc3)ncn2)cc1. The lowest BCUT2D eigenvalue weighted by Crippen LogP contribution is -2.16. The normalized spacial score (nSPS) is 12.2. The highest BCUT2D eigenvalue weighted by atomic mass is 19.1. The summed E-state index contributed by atoms with van der Waals surface area (Å²) in [7, 11) is 0. The van der Waals surface area contributed by atoms with Crippen LogP contribution in [0.1, 0.15) is 10.4 Å². The minimum atomic E-state index is -0.302. The van der Waals surface area contributed by atoms with Crippen molar-refractivity contribution in [2.75, 3.05) is 23.8 Å². The van der Waals surface area contributed by atoms with Gasteiger partial charge in [0.05, 0.1) is 5.69 Å². The molecule has 1 aliphatic heterocycles. The summed E-state index contributed by atoms with van der Waals surface area (Å²) in [5.74, 6) is 1.33. The number of carbonyl (C=O) groups excluding carboxylic acids is 1. The minimum absolute atomic E-state index is 0.237. The first-order valence-corrected chi connectivity index (χ1v) is 10.3. The number of fused-ring (bicyclic) bond motifs is 1. The third-order valence-corrected chi connectivity index (χ3v) is 5.03. The number of hydrogen-bond acceptors (Lipinski definition) is 6. The number of nitrogens with one attached hydrogen (secondary N) is 2. The fourth-order valence-corrected chi connectivity index (χ4v) is 3.38. The van der Waals surface area contributed by atoms with E-state index in [1.807, 2.05) is 0 Å². The number of hydrogen-bond donors (Lipinski definition) is 2. The van der Waals surface area contributed by atoms with E-state index in [4.69, 9.17) is 9.47 Å². The van der Waals surface area contributed by atoms with Gasteiger partial charge in [0.25, 0.3) is 5.91 Å². The van der Waals surface area contributed by atoms with Gasteiger partial charge in [-0.2, -0.15) is 0 Å². The second-order valence-corrected chi connectivity index (χ2v) is 7.31. The fraction of sp³-hybridized carbons (Fsp3) is 0.0800. The highest BCUT2D eigenvalue weighted by Gasteiger charge is 2.13. The molecular weight excluding hydrogens is 423 g/mol. The summed E-state index contributed by atoms with van der Waals surface area (Å²) in [6, 6.07) is 20.2. The van der Waals surface area contributed by atoms with Gasteiger partial charge in [-0.3, -0.25) is 4.79 Å². The molecule has 0 atom stereocenters. The Morgan fingerprint density at radius 2 is 1.55 bits per heavy atom. The van der Waals surface area contributed by atoms with Gasteiger partial charge in [-0.1, -0.05) is 0 Å². The van der Waals surface area contributed by atoms with Crippen molar-refractivity contribution in [2.24, 2.45) is 0 Å². The lowest BCUT2D eigenvalue weighted by Gasteiger charge is -2.19. The van der Waals surface area contributed by atoms with E-state index in [9.17, 15) is 9.18 Å². The molecule has 0 bridgehead atoms. The van der Waals surface area contributed by atoms with Crippen molar-refractivity contribution in [3.05, 3.63) is 90.5 Å². The summed E-state index contributed by atoms with van der Waals surface area (Å²) in [4.78, 5) is 21.1. The summed E-state index contributed by atoms with van der Waals surface area (Å²) in [6.45, 7) is 0.998. The molecule has 1 aliphatic rings. The molecular formula is C25H19FN4O3. The third kappa shape index (κ3) is 4.74. The molecule has 0 spiro atoms. The maximum absolute atomic E-state index is 13.2. The average molecular weight is 442 g/mol. The second kappa shape index (κ2) is 8.96. The Labute approximate surface area is 189 Å². The highest BCUT2D eigenvalue weighted by molar-refractivity contribution is 6.04. The number of ether oxygens (including phenoxy) is 2. The van der Waals surface area contributed by atoms with Crippen LogP contribution in [0.5, 0.6) is 11.5 Å². The third-order valence-electron chi connectivity index (χ3n) is 5.03. The van der Waals surface area contributed by atoms with Gasteiger partial charge in [0.2, 0.25) is 0 Å². The second-order valence-electron chi connectivity index (χ2n) is 7.31. The van der Waals surface area contributed by atoms with Gasteiger partial charge in [-0.25, -0.2) is 14.4 Å². The van der Waals surface area contributed by atoms with Gasteiger partial charge in [-0.05, 0) is 60.7 Å². The van der Waals surface area contributed by atoms with Crippen LogP contribution in [0, 0.1) is 5.82 Å². The average Bonchev–Trinajstić information content (AvgIpc) is 2.85. The highest BCUT2D eigenvalue weighted by Crippen LogP contribution is 2.32. The van der Waals surface area contributed by atoms with Crippen LogP contribution in [-0.2, 0) is 0 Å². The van der Waals surface area contributed by atoms with Crippen LogP contribution in [-0.4, -0.2) is 29.1 Å². The number of rotatable bonds is 5. The van der Waals surface area contributed by atoms with Crippen LogP contribution in [0.2, 0.25) is 0 Å². The maximum atomic E-state index is 13.2. The molecule has 0 radical (unpaired) electrons. The van der Waals surface area contributed by atoms with E-state index < -0.39 is 0 Å². The molecule has 2 N–H and O–H groups in total. The molecule has 164 valence electrons. The smallest absolute Gasteiger partial charge is 0.255 e. The Balaban J connectivity index is 1.25. The number of halogens is 1. The van der Waals surface area contributed by atoms with E-state index in [0.717, 1.165) is 11.3 Å². The maximum Gasteiger partial charge on any atom is 0.255 e. The van der Waals surface area contributed by atoms with Crippen LogP contribution >= 0.6 is 0 Å². The van der Waals surface area contributed by atoms with Crippen molar-refractivity contribution in [1.82, 2.24) is 9.97 Å². The Morgan fingerprint density at radius 3 is 2.33 bits per heavy atom. The molecule has 2 heterocycles. The predicted molar refractivity (Wildman–Crippen MR) is 123 cm³/mol. The van der Waals surface area contributed by atoms with Gasteiger partial charge in [0, 0.05) is 34.6 Å². The molecule has 0 aliphatic carbocycles. The first kappa shape index (κ1) is 20.4. The monoisotopic (exact) mass is 442 g/mol. The number of aromatic nitrogens is 2. The summed E-state index contributed by atoms with van der Waals surface area (Å²) < 4.78 is 24.2. The molecule has 7 nitrogen and oxygen atoms in total. The summed E-state index contributed by atoms with van der Waals surface area (Å²) in [5.41, 5.74) is 3.34. The summed E-state index contributed by atoms with van der Waals surface area (Å²) >= 11 is 0. The van der Waals surface area contributed by atoms with Crippen molar-refractivity contribution in [2.45, 2.75) is 0 Å². The first-order chi connectivity index (χ1) is 16.1. The zero-order chi connectivity index (χ0) is 22.6. The van der Waals surface area contributed by atoms with Gasteiger partial charge < -0.3 is 20.1 Å². The topological polar surface area (TPSA) is 85.4 Å². The Morgan fingerprint density at radius 1 is 0.818 bits per heavy atom. The van der Waals surface area contributed by atoms with Gasteiger partial charge >= 0.3 is 0 Å². The van der Waals surface area contributed by atoms with Crippen LogP contribution in [0.4, 0.5) is 21.6 Å². The number of carbonyl (C=O) groups is 1. The van der Waals surface area contributed by atoms with Crippen molar-refractivity contribution in [3.63, 3.8) is 0 Å². The van der Waals surface area contributed by atoms with Crippen LogP contribution < -0.4 is 20.1 Å². The Kier molecular flexibility index (Phi) is 5.55. The number of benzene rings is 3. The molecule has 1 aromatic heterocycles. The van der Waals surface area contributed by atoms with Gasteiger partial charge in [0.15, 0.2) is 11.5 Å². The number of nitrogens with zero attached hydrogens (tertiary/aromatic N) is 2. The lowest BCUT2D eigenvalue weighted by molar-refractivity contribution is 0.102. The van der Waals surface area contributed by atoms with E-state index in [1.54, 1.807) is 60.7 Å². The Bertz CT molecular complexity index is 1290. The first-order valence-electron chi connectivity index (χ1n) is 10.3.